The summed E-state index contributed by atoms with van der Waals surface area (Å²) in [7, 11) is 0. The molecule has 0 fully saturated rings. The number of hydrogen-bond donors (Lipinski definition) is 0. The molecule has 5 aromatic rings. The third kappa shape index (κ3) is 2.63. The van der Waals surface area contributed by atoms with Gasteiger partial charge in [0.25, 0.3) is 0 Å². The van der Waals surface area contributed by atoms with Crippen molar-refractivity contribution >= 4 is 22.4 Å². The fraction of sp³-hybridized carbons (Fsp3) is 0.0625. The van der Waals surface area contributed by atoms with Gasteiger partial charge in [0.1, 0.15) is 0 Å². The SMILES string of the molecule is C1=C(c2ccccc2)Cc2ccc(-c3c4c(cc5ccccc35)Cc3ccccc3-4)cc21. The Morgan fingerprint density at radius 1 is 0.500 bits per heavy atom. The summed E-state index contributed by atoms with van der Waals surface area (Å²) in [5.41, 5.74) is 13.9. The van der Waals surface area contributed by atoms with Crippen LogP contribution < -0.4 is 0 Å². The molecule has 0 unspecified atom stereocenters. The monoisotopic (exact) mass is 406 g/mol. The molecule has 32 heavy (non-hydrogen) atoms. The highest BCUT2D eigenvalue weighted by Gasteiger charge is 2.25. The van der Waals surface area contributed by atoms with Gasteiger partial charge in [0.15, 0.2) is 0 Å². The van der Waals surface area contributed by atoms with Crippen LogP contribution in [0.5, 0.6) is 0 Å². The summed E-state index contributed by atoms with van der Waals surface area (Å²) in [6, 6.07) is 38.0. The van der Waals surface area contributed by atoms with E-state index in [9.17, 15) is 0 Å². The molecule has 0 amide bonds. The van der Waals surface area contributed by atoms with Gasteiger partial charge < -0.3 is 0 Å². The van der Waals surface area contributed by atoms with Crippen molar-refractivity contribution in [1.82, 2.24) is 0 Å². The number of allylic oxidation sites excluding steroid dienone is 1. The van der Waals surface area contributed by atoms with E-state index in [2.05, 4.69) is 109 Å². The fourth-order valence-electron chi connectivity index (χ4n) is 5.60. The minimum absolute atomic E-state index is 1.01. The molecular weight excluding hydrogens is 384 g/mol. The van der Waals surface area contributed by atoms with Crippen molar-refractivity contribution in [3.8, 4) is 22.3 Å². The molecule has 5 aromatic carbocycles. The van der Waals surface area contributed by atoms with Crippen LogP contribution >= 0.6 is 0 Å². The van der Waals surface area contributed by atoms with E-state index in [1.807, 2.05) is 0 Å². The maximum absolute atomic E-state index is 2.41. The second kappa shape index (κ2) is 6.80. The van der Waals surface area contributed by atoms with E-state index in [1.54, 1.807) is 0 Å². The second-order valence-electron chi connectivity index (χ2n) is 8.97. The summed E-state index contributed by atoms with van der Waals surface area (Å²) in [5, 5.41) is 2.67. The van der Waals surface area contributed by atoms with Crippen molar-refractivity contribution in [3.63, 3.8) is 0 Å². The van der Waals surface area contributed by atoms with Crippen LogP contribution in [0.3, 0.4) is 0 Å². The van der Waals surface area contributed by atoms with E-state index in [0.717, 1.165) is 12.8 Å². The molecule has 0 aliphatic heterocycles. The van der Waals surface area contributed by atoms with Gasteiger partial charge in [0, 0.05) is 0 Å². The highest BCUT2D eigenvalue weighted by Crippen LogP contribution is 2.47. The Labute approximate surface area is 188 Å². The van der Waals surface area contributed by atoms with Crippen LogP contribution in [0.1, 0.15) is 27.8 Å². The predicted octanol–water partition coefficient (Wildman–Crippen LogP) is 8.17. The molecule has 0 nitrogen and oxygen atoms in total. The van der Waals surface area contributed by atoms with Gasteiger partial charge in [-0.15, -0.1) is 0 Å². The zero-order valence-corrected chi connectivity index (χ0v) is 17.8. The fourth-order valence-corrected chi connectivity index (χ4v) is 5.60. The molecule has 0 saturated carbocycles. The van der Waals surface area contributed by atoms with Gasteiger partial charge in [0.2, 0.25) is 0 Å². The summed E-state index contributed by atoms with van der Waals surface area (Å²) in [4.78, 5) is 0. The summed E-state index contributed by atoms with van der Waals surface area (Å²) >= 11 is 0. The van der Waals surface area contributed by atoms with Gasteiger partial charge in [-0.1, -0.05) is 103 Å². The molecule has 0 heterocycles. The Kier molecular flexibility index (Phi) is 3.77. The van der Waals surface area contributed by atoms with E-state index >= 15 is 0 Å². The van der Waals surface area contributed by atoms with E-state index in [4.69, 9.17) is 0 Å². The molecule has 0 heteroatoms. The van der Waals surface area contributed by atoms with Gasteiger partial charge in [-0.25, -0.2) is 0 Å². The Morgan fingerprint density at radius 2 is 1.31 bits per heavy atom. The lowest BCUT2D eigenvalue weighted by Crippen LogP contribution is -1.91. The van der Waals surface area contributed by atoms with Crippen molar-refractivity contribution in [1.29, 1.82) is 0 Å². The first kappa shape index (κ1) is 17.7. The first-order valence-electron chi connectivity index (χ1n) is 11.4. The van der Waals surface area contributed by atoms with Crippen LogP contribution in [-0.4, -0.2) is 0 Å². The summed E-state index contributed by atoms with van der Waals surface area (Å²) in [5.74, 6) is 0. The van der Waals surface area contributed by atoms with Gasteiger partial charge in [0.05, 0.1) is 0 Å². The van der Waals surface area contributed by atoms with Gasteiger partial charge >= 0.3 is 0 Å². The lowest BCUT2D eigenvalue weighted by molar-refractivity contribution is 1.27. The lowest BCUT2D eigenvalue weighted by Gasteiger charge is -2.15. The molecule has 2 aliphatic rings. The zero-order chi connectivity index (χ0) is 21.1. The molecule has 0 spiro atoms. The molecule has 7 rings (SSSR count). The van der Waals surface area contributed by atoms with E-state index in [-0.39, 0.29) is 0 Å². The van der Waals surface area contributed by atoms with Crippen molar-refractivity contribution in [2.75, 3.05) is 0 Å². The minimum atomic E-state index is 1.01. The Hall–Kier alpha value is -3.90. The Balaban J connectivity index is 1.46. The smallest absolute Gasteiger partial charge is 0.00130 e. The van der Waals surface area contributed by atoms with Crippen LogP contribution in [0.25, 0.3) is 44.7 Å². The molecule has 0 bridgehead atoms. The first-order chi connectivity index (χ1) is 15.8. The number of hydrogen-bond acceptors (Lipinski definition) is 0. The van der Waals surface area contributed by atoms with Crippen LogP contribution in [0.15, 0.2) is 103 Å². The van der Waals surface area contributed by atoms with E-state index in [1.165, 1.54) is 66.4 Å². The third-order valence-electron chi connectivity index (χ3n) is 7.09. The van der Waals surface area contributed by atoms with Crippen LogP contribution in [0, 0.1) is 0 Å². The molecule has 2 aliphatic carbocycles. The van der Waals surface area contributed by atoms with Crippen molar-refractivity contribution in [2.45, 2.75) is 12.8 Å². The molecule has 0 saturated heterocycles. The van der Waals surface area contributed by atoms with Crippen molar-refractivity contribution in [3.05, 3.63) is 131 Å². The van der Waals surface area contributed by atoms with Gasteiger partial charge in [-0.05, 0) is 85.3 Å². The highest BCUT2D eigenvalue weighted by atomic mass is 14.3. The summed E-state index contributed by atoms with van der Waals surface area (Å²) in [6.07, 6.45) is 4.41. The molecule has 0 atom stereocenters. The third-order valence-corrected chi connectivity index (χ3v) is 7.09. The number of benzene rings is 5. The lowest BCUT2D eigenvalue weighted by atomic mass is 9.88. The van der Waals surface area contributed by atoms with Crippen molar-refractivity contribution in [2.24, 2.45) is 0 Å². The molecule has 0 N–H and O–H groups in total. The summed E-state index contributed by atoms with van der Waals surface area (Å²) in [6.45, 7) is 0. The second-order valence-corrected chi connectivity index (χ2v) is 8.97. The minimum Gasteiger partial charge on any atom is -0.0622 e. The van der Waals surface area contributed by atoms with Crippen LogP contribution in [-0.2, 0) is 12.8 Å². The van der Waals surface area contributed by atoms with Gasteiger partial charge in [-0.2, -0.15) is 0 Å². The van der Waals surface area contributed by atoms with Crippen LogP contribution in [0.4, 0.5) is 0 Å². The molecule has 0 aromatic heterocycles. The van der Waals surface area contributed by atoms with Gasteiger partial charge in [-0.3, -0.25) is 0 Å². The summed E-state index contributed by atoms with van der Waals surface area (Å²) < 4.78 is 0. The zero-order valence-electron chi connectivity index (χ0n) is 17.8. The predicted molar refractivity (Wildman–Crippen MR) is 136 cm³/mol. The largest absolute Gasteiger partial charge is 0.0622 e. The van der Waals surface area contributed by atoms with E-state index in [0.29, 0.717) is 0 Å². The standard InChI is InChI=1S/C32H22/c1-2-8-21(9-3-1)26-16-22-14-15-25(19-27(22)20-26)31-29-12-6-4-10-23(29)17-28-18-24-11-5-7-13-30(24)32(28)31/h1-15,17,19-20H,16,18H2. The van der Waals surface area contributed by atoms with E-state index < -0.39 is 0 Å². The quantitative estimate of drug-likeness (QED) is 0.272. The number of rotatable bonds is 2. The molecule has 150 valence electrons. The molecular formula is C32H22. The average molecular weight is 407 g/mol. The number of fused-ring (bicyclic) bond motifs is 5. The molecule has 0 radical (unpaired) electrons. The van der Waals surface area contributed by atoms with Crippen LogP contribution in [0.2, 0.25) is 0 Å². The van der Waals surface area contributed by atoms with Crippen molar-refractivity contribution < 1.29 is 0 Å². The topological polar surface area (TPSA) is 0 Å². The normalized spacial score (nSPS) is 13.6. The first-order valence-corrected chi connectivity index (χ1v) is 11.4. The maximum Gasteiger partial charge on any atom is -0.00130 e. The average Bonchev–Trinajstić information content (AvgIpc) is 3.44. The Bertz CT molecular complexity index is 1550. The Morgan fingerprint density at radius 3 is 2.25 bits per heavy atom. The maximum atomic E-state index is 2.41. The highest BCUT2D eigenvalue weighted by molar-refractivity contribution is 6.07.